The third-order valence-electron chi connectivity index (χ3n) is 3.00. The molecule has 0 aliphatic rings. The Morgan fingerprint density at radius 2 is 1.89 bits per heavy atom. The van der Waals surface area contributed by atoms with Gasteiger partial charge >= 0.3 is 0 Å². The van der Waals surface area contributed by atoms with Crippen LogP contribution < -0.4 is 5.32 Å². The topological polar surface area (TPSA) is 12.0 Å². The van der Waals surface area contributed by atoms with Gasteiger partial charge in [-0.15, -0.1) is 11.3 Å². The van der Waals surface area contributed by atoms with Crippen LogP contribution in [0, 0.1) is 13.8 Å². The summed E-state index contributed by atoms with van der Waals surface area (Å²) < 4.78 is 2.31. The summed E-state index contributed by atoms with van der Waals surface area (Å²) in [6.07, 6.45) is 0. The Hall–Kier alpha value is -0.160. The van der Waals surface area contributed by atoms with E-state index in [0.717, 1.165) is 4.47 Å². The number of aryl methyl sites for hydroxylation is 2. The molecule has 4 heteroatoms. The van der Waals surface area contributed by atoms with Crippen molar-refractivity contribution in [3.63, 3.8) is 0 Å². The fourth-order valence-corrected chi connectivity index (χ4v) is 4.07. The van der Waals surface area contributed by atoms with Crippen LogP contribution in [0.25, 0.3) is 0 Å². The number of rotatable bonds is 3. The molecule has 0 bridgehead atoms. The highest BCUT2D eigenvalue weighted by Crippen LogP contribution is 2.35. The Bertz CT molecular complexity index is 543. The number of benzene rings is 1. The zero-order valence-electron chi connectivity index (χ0n) is 10.6. The van der Waals surface area contributed by atoms with E-state index in [1.54, 1.807) is 0 Å². The molecule has 0 spiro atoms. The molecule has 0 saturated heterocycles. The lowest BCUT2D eigenvalue weighted by atomic mass is 10.0. The minimum Gasteiger partial charge on any atom is -0.309 e. The Morgan fingerprint density at radius 3 is 2.44 bits per heavy atom. The van der Waals surface area contributed by atoms with Crippen LogP contribution in [0.1, 0.15) is 26.9 Å². The summed E-state index contributed by atoms with van der Waals surface area (Å²) in [4.78, 5) is 2.65. The Balaban J connectivity index is 2.48. The van der Waals surface area contributed by atoms with Crippen LogP contribution in [0.4, 0.5) is 0 Å². The van der Waals surface area contributed by atoms with E-state index < -0.39 is 0 Å². The average molecular weight is 389 g/mol. The van der Waals surface area contributed by atoms with Crippen LogP contribution in [-0.4, -0.2) is 7.05 Å². The lowest BCUT2D eigenvalue weighted by molar-refractivity contribution is 0.699. The number of hydrogen-bond acceptors (Lipinski definition) is 2. The minimum absolute atomic E-state index is 0.248. The highest BCUT2D eigenvalue weighted by atomic mass is 79.9. The molecule has 2 aromatic rings. The lowest BCUT2D eigenvalue weighted by Gasteiger charge is -2.18. The van der Waals surface area contributed by atoms with Gasteiger partial charge in [-0.2, -0.15) is 0 Å². The smallest absolute Gasteiger partial charge is 0.0672 e. The van der Waals surface area contributed by atoms with Crippen molar-refractivity contribution < 1.29 is 0 Å². The summed E-state index contributed by atoms with van der Waals surface area (Å²) in [5.74, 6) is 0. The summed E-state index contributed by atoms with van der Waals surface area (Å²) >= 11 is 8.98. The first-order chi connectivity index (χ1) is 8.52. The highest BCUT2D eigenvalue weighted by Gasteiger charge is 2.17. The molecule has 1 unspecified atom stereocenters. The molecule has 18 heavy (non-hydrogen) atoms. The molecule has 1 N–H and O–H groups in total. The van der Waals surface area contributed by atoms with Crippen LogP contribution in [0.3, 0.4) is 0 Å². The summed E-state index contributed by atoms with van der Waals surface area (Å²) in [6.45, 7) is 4.29. The van der Waals surface area contributed by atoms with Gasteiger partial charge in [0.05, 0.1) is 6.04 Å². The van der Waals surface area contributed by atoms with Crippen molar-refractivity contribution in [2.24, 2.45) is 0 Å². The zero-order chi connectivity index (χ0) is 13.3. The average Bonchev–Trinajstić information content (AvgIpc) is 2.65. The molecule has 1 aromatic heterocycles. The fraction of sp³-hybridized carbons (Fsp3) is 0.286. The monoisotopic (exact) mass is 387 g/mol. The van der Waals surface area contributed by atoms with Gasteiger partial charge in [0.1, 0.15) is 0 Å². The number of halogens is 2. The summed E-state index contributed by atoms with van der Waals surface area (Å²) in [5.41, 5.74) is 2.63. The molecular formula is C14H15Br2NS. The highest BCUT2D eigenvalue weighted by molar-refractivity contribution is 9.10. The molecule has 0 fully saturated rings. The van der Waals surface area contributed by atoms with Crippen molar-refractivity contribution in [1.29, 1.82) is 0 Å². The Kier molecular flexibility index (Phi) is 4.64. The van der Waals surface area contributed by atoms with E-state index in [1.807, 2.05) is 18.4 Å². The van der Waals surface area contributed by atoms with E-state index in [4.69, 9.17) is 0 Å². The third-order valence-corrected chi connectivity index (χ3v) is 5.70. The maximum Gasteiger partial charge on any atom is 0.0672 e. The molecule has 1 atom stereocenters. The summed E-state index contributed by atoms with van der Waals surface area (Å²) in [6, 6.07) is 8.89. The molecule has 1 nitrogen and oxygen atoms in total. The molecule has 96 valence electrons. The van der Waals surface area contributed by atoms with Gasteiger partial charge in [-0.05, 0) is 66.2 Å². The van der Waals surface area contributed by atoms with E-state index in [0.29, 0.717) is 0 Å². The van der Waals surface area contributed by atoms with Crippen molar-refractivity contribution in [2.45, 2.75) is 19.9 Å². The van der Waals surface area contributed by atoms with E-state index in [2.05, 4.69) is 75.3 Å². The Morgan fingerprint density at radius 1 is 1.17 bits per heavy atom. The molecule has 1 heterocycles. The van der Waals surface area contributed by atoms with Gasteiger partial charge in [-0.25, -0.2) is 0 Å². The van der Waals surface area contributed by atoms with Gasteiger partial charge in [0.2, 0.25) is 0 Å². The fourth-order valence-electron chi connectivity index (χ4n) is 2.00. The molecular weight excluding hydrogens is 374 g/mol. The first kappa shape index (κ1) is 14.3. The van der Waals surface area contributed by atoms with E-state index in [9.17, 15) is 0 Å². The van der Waals surface area contributed by atoms with Gasteiger partial charge in [-0.1, -0.05) is 22.0 Å². The standard InChI is InChI=1S/C14H15Br2NS/c1-8-4-5-10(15)6-11(8)14(17-3)13-7-12(16)9(2)18-13/h4-7,14,17H,1-3H3. The van der Waals surface area contributed by atoms with Crippen molar-refractivity contribution in [1.82, 2.24) is 5.32 Å². The molecule has 0 aliphatic carbocycles. The van der Waals surface area contributed by atoms with Crippen molar-refractivity contribution >= 4 is 43.2 Å². The SMILES string of the molecule is CNC(c1cc(Br)c(C)s1)c1cc(Br)ccc1C. The maximum absolute atomic E-state index is 3.59. The molecule has 0 radical (unpaired) electrons. The first-order valence-electron chi connectivity index (χ1n) is 5.72. The van der Waals surface area contributed by atoms with Crippen LogP contribution in [0.5, 0.6) is 0 Å². The third kappa shape index (κ3) is 2.87. The summed E-state index contributed by atoms with van der Waals surface area (Å²) in [5, 5.41) is 3.41. The van der Waals surface area contributed by atoms with Crippen LogP contribution in [0.15, 0.2) is 33.2 Å². The largest absolute Gasteiger partial charge is 0.309 e. The van der Waals surface area contributed by atoms with Crippen LogP contribution in [0.2, 0.25) is 0 Å². The molecule has 1 aromatic carbocycles. The van der Waals surface area contributed by atoms with Gasteiger partial charge in [-0.3, -0.25) is 0 Å². The maximum atomic E-state index is 3.59. The van der Waals surface area contributed by atoms with Gasteiger partial charge in [0, 0.05) is 18.7 Å². The quantitative estimate of drug-likeness (QED) is 0.761. The number of thiophene rings is 1. The van der Waals surface area contributed by atoms with Gasteiger partial charge < -0.3 is 5.32 Å². The molecule has 2 rings (SSSR count). The predicted octanol–water partition coefficient (Wildman–Crippen LogP) is 5.20. The minimum atomic E-state index is 0.248. The second-order valence-corrected chi connectivity index (χ2v) is 7.33. The van der Waals surface area contributed by atoms with Gasteiger partial charge in [0.15, 0.2) is 0 Å². The van der Waals surface area contributed by atoms with E-state index >= 15 is 0 Å². The van der Waals surface area contributed by atoms with E-state index in [1.165, 1.54) is 25.4 Å². The van der Waals surface area contributed by atoms with Crippen molar-refractivity contribution in [2.75, 3.05) is 7.05 Å². The second-order valence-electron chi connectivity index (χ2n) is 4.28. The molecule has 0 aliphatic heterocycles. The normalized spacial score (nSPS) is 12.7. The van der Waals surface area contributed by atoms with Crippen molar-refractivity contribution in [3.8, 4) is 0 Å². The number of nitrogens with one attached hydrogen (secondary N) is 1. The van der Waals surface area contributed by atoms with Crippen LogP contribution >= 0.6 is 43.2 Å². The summed E-state index contributed by atoms with van der Waals surface area (Å²) in [7, 11) is 2.01. The molecule has 0 amide bonds. The number of hydrogen-bond donors (Lipinski definition) is 1. The second kappa shape index (κ2) is 5.87. The lowest BCUT2D eigenvalue weighted by Crippen LogP contribution is -2.17. The van der Waals surface area contributed by atoms with Crippen molar-refractivity contribution in [3.05, 3.63) is 54.1 Å². The van der Waals surface area contributed by atoms with Crippen LogP contribution in [-0.2, 0) is 0 Å². The van der Waals surface area contributed by atoms with E-state index in [-0.39, 0.29) is 6.04 Å². The van der Waals surface area contributed by atoms with Gasteiger partial charge in [0.25, 0.3) is 0 Å². The molecule has 0 saturated carbocycles. The Labute approximate surface area is 129 Å². The zero-order valence-corrected chi connectivity index (χ0v) is 14.5. The predicted molar refractivity (Wildman–Crippen MR) is 86.5 cm³/mol. The first-order valence-corrected chi connectivity index (χ1v) is 8.12.